The topological polar surface area (TPSA) is 50.4 Å². The first-order chi connectivity index (χ1) is 12.8. The molecule has 4 heteroatoms. The Morgan fingerprint density at radius 1 is 0.962 bits per heavy atom. The molecule has 1 aliphatic rings. The molecule has 0 aromatic heterocycles. The third-order valence-electron chi connectivity index (χ3n) is 4.30. The van der Waals surface area contributed by atoms with Crippen LogP contribution in [0.3, 0.4) is 0 Å². The summed E-state index contributed by atoms with van der Waals surface area (Å²) in [7, 11) is 0. The Labute approximate surface area is 157 Å². The van der Waals surface area contributed by atoms with Gasteiger partial charge in [-0.3, -0.25) is 4.79 Å². The zero-order valence-corrected chi connectivity index (χ0v) is 15.6. The van der Waals surface area contributed by atoms with Crippen LogP contribution >= 0.6 is 0 Å². The molecule has 0 unspecified atom stereocenters. The van der Waals surface area contributed by atoms with Crippen molar-refractivity contribution in [3.8, 4) is 0 Å². The van der Waals surface area contributed by atoms with Gasteiger partial charge in [0, 0.05) is 13.1 Å². The highest BCUT2D eigenvalue weighted by atomic mass is 16.5. The summed E-state index contributed by atoms with van der Waals surface area (Å²) in [6.45, 7) is 6.10. The summed E-state index contributed by atoms with van der Waals surface area (Å²) in [5.41, 5.74) is 2.65. The van der Waals surface area contributed by atoms with Gasteiger partial charge >= 0.3 is 5.97 Å². The van der Waals surface area contributed by atoms with Crippen molar-refractivity contribution in [2.24, 2.45) is 5.92 Å². The van der Waals surface area contributed by atoms with Crippen molar-refractivity contribution in [1.82, 2.24) is 10.6 Å². The molecule has 0 spiro atoms. The van der Waals surface area contributed by atoms with Gasteiger partial charge in [-0.2, -0.15) is 0 Å². The van der Waals surface area contributed by atoms with Crippen LogP contribution in [0.1, 0.15) is 30.9 Å². The van der Waals surface area contributed by atoms with Gasteiger partial charge < -0.3 is 15.4 Å². The second kappa shape index (κ2) is 12.2. The van der Waals surface area contributed by atoms with Crippen molar-refractivity contribution >= 4 is 5.97 Å². The summed E-state index contributed by atoms with van der Waals surface area (Å²) in [5, 5.41) is 6.62. The van der Waals surface area contributed by atoms with E-state index in [1.165, 1.54) is 11.1 Å². The molecule has 26 heavy (non-hydrogen) atoms. The molecular formula is C22H30N2O2. The van der Waals surface area contributed by atoms with Gasteiger partial charge in [-0.25, -0.2) is 0 Å². The van der Waals surface area contributed by atoms with Gasteiger partial charge in [-0.15, -0.1) is 0 Å². The number of esters is 1. The molecule has 0 aliphatic carbocycles. The molecule has 0 atom stereocenters. The van der Waals surface area contributed by atoms with Crippen LogP contribution in [0.5, 0.6) is 0 Å². The van der Waals surface area contributed by atoms with E-state index >= 15 is 0 Å². The molecule has 1 saturated heterocycles. The zero-order chi connectivity index (χ0) is 18.5. The minimum Gasteiger partial charge on any atom is -0.466 e. The minimum absolute atomic E-state index is 0.0194. The predicted octanol–water partition coefficient (Wildman–Crippen LogP) is 3.53. The van der Waals surface area contributed by atoms with Gasteiger partial charge in [-0.1, -0.05) is 60.7 Å². The highest BCUT2D eigenvalue weighted by Crippen LogP contribution is 2.12. The second-order valence-electron chi connectivity index (χ2n) is 6.35. The molecule has 1 heterocycles. The Morgan fingerprint density at radius 2 is 1.46 bits per heavy atom. The van der Waals surface area contributed by atoms with Crippen LogP contribution in [0.15, 0.2) is 60.7 Å². The van der Waals surface area contributed by atoms with E-state index in [-0.39, 0.29) is 11.9 Å². The number of carbonyl (C=O) groups excluding carboxylic acids is 1. The number of hydrogen-bond acceptors (Lipinski definition) is 4. The Kier molecular flexibility index (Phi) is 9.47. The van der Waals surface area contributed by atoms with E-state index in [1.807, 2.05) is 19.1 Å². The molecule has 3 rings (SSSR count). The number of hydrogen-bond donors (Lipinski definition) is 2. The molecule has 2 N–H and O–H groups in total. The summed E-state index contributed by atoms with van der Waals surface area (Å²) < 4.78 is 4.91. The lowest BCUT2D eigenvalue weighted by Crippen LogP contribution is -2.32. The van der Waals surface area contributed by atoms with Crippen LogP contribution in [-0.2, 0) is 22.6 Å². The first-order valence-corrected chi connectivity index (χ1v) is 9.45. The smallest absolute Gasteiger partial charge is 0.309 e. The maximum atomic E-state index is 11.1. The first-order valence-electron chi connectivity index (χ1n) is 9.45. The van der Waals surface area contributed by atoms with E-state index < -0.39 is 0 Å². The Morgan fingerprint density at radius 3 is 1.92 bits per heavy atom. The molecule has 1 fully saturated rings. The largest absolute Gasteiger partial charge is 0.466 e. The number of rotatable bonds is 6. The Balaban J connectivity index is 0.000000197. The molecule has 2 aromatic rings. The van der Waals surface area contributed by atoms with E-state index in [0.29, 0.717) is 6.61 Å². The minimum atomic E-state index is -0.0194. The average Bonchev–Trinajstić information content (AvgIpc) is 2.71. The van der Waals surface area contributed by atoms with Crippen molar-refractivity contribution in [3.63, 3.8) is 0 Å². The van der Waals surface area contributed by atoms with Crippen molar-refractivity contribution < 1.29 is 9.53 Å². The molecule has 0 amide bonds. The molecule has 1 aliphatic heterocycles. The lowest BCUT2D eigenvalue weighted by molar-refractivity contribution is -0.148. The molecule has 0 bridgehead atoms. The van der Waals surface area contributed by atoms with Gasteiger partial charge in [0.25, 0.3) is 0 Å². The maximum absolute atomic E-state index is 11.1. The lowest BCUT2D eigenvalue weighted by atomic mass is 9.99. The maximum Gasteiger partial charge on any atom is 0.309 e. The quantitative estimate of drug-likeness (QED) is 0.779. The Bertz CT molecular complexity index is 571. The number of piperidine rings is 1. The highest BCUT2D eigenvalue weighted by molar-refractivity contribution is 5.72. The summed E-state index contributed by atoms with van der Waals surface area (Å²) >= 11 is 0. The summed E-state index contributed by atoms with van der Waals surface area (Å²) in [4.78, 5) is 11.1. The van der Waals surface area contributed by atoms with Gasteiger partial charge in [0.05, 0.1) is 12.5 Å². The molecule has 4 nitrogen and oxygen atoms in total. The molecule has 0 radical (unpaired) electrons. The van der Waals surface area contributed by atoms with Crippen LogP contribution in [0.2, 0.25) is 0 Å². The average molecular weight is 354 g/mol. The summed E-state index contributed by atoms with van der Waals surface area (Å²) in [6, 6.07) is 20.9. The first kappa shape index (κ1) is 20.1. The fraction of sp³-hybridized carbons (Fsp3) is 0.409. The van der Waals surface area contributed by atoms with Crippen LogP contribution < -0.4 is 10.6 Å². The SMILES string of the molecule is CCOC(=O)C1CCNCC1.c1ccc(CNCc2ccccc2)cc1. The fourth-order valence-corrected chi connectivity index (χ4v) is 2.86. The normalized spacial score (nSPS) is 14.2. The molecular weight excluding hydrogens is 324 g/mol. The van der Waals surface area contributed by atoms with Gasteiger partial charge in [0.1, 0.15) is 0 Å². The third kappa shape index (κ3) is 7.81. The van der Waals surface area contributed by atoms with Gasteiger partial charge in [-0.05, 0) is 44.0 Å². The predicted molar refractivity (Wildman–Crippen MR) is 106 cm³/mol. The molecule has 2 aromatic carbocycles. The van der Waals surface area contributed by atoms with E-state index in [1.54, 1.807) is 0 Å². The van der Waals surface area contributed by atoms with Crippen molar-refractivity contribution in [3.05, 3.63) is 71.8 Å². The van der Waals surface area contributed by atoms with Crippen molar-refractivity contribution in [2.45, 2.75) is 32.9 Å². The van der Waals surface area contributed by atoms with Crippen LogP contribution in [-0.4, -0.2) is 25.7 Å². The van der Waals surface area contributed by atoms with Gasteiger partial charge in [0.15, 0.2) is 0 Å². The number of carbonyl (C=O) groups is 1. The van der Waals surface area contributed by atoms with Gasteiger partial charge in [0.2, 0.25) is 0 Å². The monoisotopic (exact) mass is 354 g/mol. The van der Waals surface area contributed by atoms with Crippen LogP contribution in [0, 0.1) is 5.92 Å². The van der Waals surface area contributed by atoms with E-state index in [0.717, 1.165) is 39.0 Å². The Hall–Kier alpha value is -2.17. The fourth-order valence-electron chi connectivity index (χ4n) is 2.86. The molecule has 140 valence electrons. The van der Waals surface area contributed by atoms with Crippen molar-refractivity contribution in [1.29, 1.82) is 0 Å². The van der Waals surface area contributed by atoms with Crippen LogP contribution in [0.25, 0.3) is 0 Å². The highest BCUT2D eigenvalue weighted by Gasteiger charge is 2.21. The lowest BCUT2D eigenvalue weighted by Gasteiger charge is -2.20. The summed E-state index contributed by atoms with van der Waals surface area (Å²) in [6.07, 6.45) is 1.86. The zero-order valence-electron chi connectivity index (χ0n) is 15.6. The number of nitrogens with one attached hydrogen (secondary N) is 2. The van der Waals surface area contributed by atoms with E-state index in [2.05, 4.69) is 59.2 Å². The number of benzene rings is 2. The van der Waals surface area contributed by atoms with Crippen LogP contribution in [0.4, 0.5) is 0 Å². The van der Waals surface area contributed by atoms with Crippen molar-refractivity contribution in [2.75, 3.05) is 19.7 Å². The summed E-state index contributed by atoms with van der Waals surface area (Å²) in [5.74, 6) is 0.130. The standard InChI is InChI=1S/C14H15N.C8H15NO2/c1-3-7-13(8-4-1)11-15-12-14-9-5-2-6-10-14;1-2-11-8(10)7-3-5-9-6-4-7/h1-10,15H,11-12H2;7,9H,2-6H2,1H3. The third-order valence-corrected chi connectivity index (χ3v) is 4.30. The molecule has 0 saturated carbocycles. The number of ether oxygens (including phenoxy) is 1. The van der Waals surface area contributed by atoms with E-state index in [9.17, 15) is 4.79 Å². The second-order valence-corrected chi connectivity index (χ2v) is 6.35. The van der Waals surface area contributed by atoms with E-state index in [4.69, 9.17) is 4.74 Å².